The third-order valence-corrected chi connectivity index (χ3v) is 4.47. The number of benzene rings is 2. The van der Waals surface area contributed by atoms with Gasteiger partial charge in [-0.15, -0.1) is 0 Å². The van der Waals surface area contributed by atoms with Crippen molar-refractivity contribution in [2.75, 3.05) is 25.1 Å². The Morgan fingerprint density at radius 3 is 2.16 bits per heavy atom. The number of unbranched alkanes of at least 4 members (excludes halogenated alkanes) is 3. The van der Waals surface area contributed by atoms with Crippen LogP contribution in [-0.2, 0) is 4.74 Å². The molecule has 2 aromatic carbocycles. The first-order valence-electron chi connectivity index (χ1n) is 10.7. The quantitative estimate of drug-likeness (QED) is 0.302. The van der Waals surface area contributed by atoms with Crippen LogP contribution in [0.3, 0.4) is 0 Å². The molecule has 0 aliphatic carbocycles. The van der Waals surface area contributed by atoms with E-state index in [1.807, 2.05) is 24.3 Å². The Morgan fingerprint density at radius 1 is 0.903 bits per heavy atom. The van der Waals surface area contributed by atoms with Gasteiger partial charge in [0.15, 0.2) is 0 Å². The third-order valence-electron chi connectivity index (χ3n) is 4.47. The summed E-state index contributed by atoms with van der Waals surface area (Å²) in [5, 5.41) is 14.4. The molecular weight excluding hydrogens is 392 g/mol. The van der Waals surface area contributed by atoms with Crippen LogP contribution in [0.4, 0.5) is 10.5 Å². The van der Waals surface area contributed by atoms with E-state index in [4.69, 9.17) is 9.84 Å². The molecule has 0 unspecified atom stereocenters. The maximum atomic E-state index is 11.9. The minimum atomic E-state index is -0.416. The van der Waals surface area contributed by atoms with E-state index >= 15 is 0 Å². The van der Waals surface area contributed by atoms with Crippen molar-refractivity contribution in [1.29, 1.82) is 0 Å². The zero-order chi connectivity index (χ0) is 22.3. The molecule has 2 aromatic rings. The van der Waals surface area contributed by atoms with Crippen LogP contribution in [0.1, 0.15) is 60.5 Å². The molecule has 2 amide bonds. The lowest BCUT2D eigenvalue weighted by Crippen LogP contribution is -2.29. The average molecular weight is 423 g/mol. The van der Waals surface area contributed by atoms with Crippen molar-refractivity contribution in [3.63, 3.8) is 0 Å². The highest BCUT2D eigenvalue weighted by atomic mass is 16.5. The Bertz CT molecular complexity index is 880. The molecule has 3 N–H and O–H groups in total. The summed E-state index contributed by atoms with van der Waals surface area (Å²) in [5.74, 6) is 5.70. The Kier molecular flexibility index (Phi) is 10.7. The topological polar surface area (TPSA) is 87.7 Å². The van der Waals surface area contributed by atoms with Gasteiger partial charge < -0.3 is 20.5 Å². The predicted molar refractivity (Wildman–Crippen MR) is 122 cm³/mol. The first-order chi connectivity index (χ1) is 15.1. The molecule has 0 bridgehead atoms. The van der Waals surface area contributed by atoms with Gasteiger partial charge in [0.25, 0.3) is 0 Å². The van der Waals surface area contributed by atoms with Gasteiger partial charge in [-0.25, -0.2) is 9.59 Å². The molecule has 0 aliphatic rings. The summed E-state index contributed by atoms with van der Waals surface area (Å²) in [5.41, 5.74) is 2.75. The molecule has 0 saturated heterocycles. The van der Waals surface area contributed by atoms with Crippen molar-refractivity contribution in [1.82, 2.24) is 5.32 Å². The van der Waals surface area contributed by atoms with Gasteiger partial charge in [0.05, 0.1) is 12.2 Å². The van der Waals surface area contributed by atoms with Gasteiger partial charge >= 0.3 is 12.0 Å². The molecule has 31 heavy (non-hydrogen) atoms. The highest BCUT2D eigenvalue weighted by Crippen LogP contribution is 2.10. The van der Waals surface area contributed by atoms with E-state index in [-0.39, 0.29) is 19.2 Å². The summed E-state index contributed by atoms with van der Waals surface area (Å²) < 4.78 is 5.04. The van der Waals surface area contributed by atoms with Crippen LogP contribution in [0.5, 0.6) is 0 Å². The number of carbonyl (C=O) groups excluding carboxylic acids is 2. The largest absolute Gasteiger partial charge is 0.462 e. The number of urea groups is 1. The highest BCUT2D eigenvalue weighted by molar-refractivity contribution is 5.90. The van der Waals surface area contributed by atoms with Crippen molar-refractivity contribution in [3.05, 3.63) is 65.2 Å². The molecular formula is C25H30N2O4. The molecule has 0 aliphatic heterocycles. The second-order valence-corrected chi connectivity index (χ2v) is 7.06. The zero-order valence-corrected chi connectivity index (χ0v) is 17.9. The summed E-state index contributed by atoms with van der Waals surface area (Å²) >= 11 is 0. The Balaban J connectivity index is 1.82. The van der Waals surface area contributed by atoms with Crippen molar-refractivity contribution >= 4 is 17.7 Å². The average Bonchev–Trinajstić information content (AvgIpc) is 2.79. The van der Waals surface area contributed by atoms with E-state index < -0.39 is 5.97 Å². The van der Waals surface area contributed by atoms with Crippen LogP contribution in [-0.4, -0.2) is 36.9 Å². The number of amides is 2. The first-order valence-corrected chi connectivity index (χ1v) is 10.7. The van der Waals surface area contributed by atoms with Crippen LogP contribution >= 0.6 is 0 Å². The van der Waals surface area contributed by atoms with Gasteiger partial charge in [-0.2, -0.15) is 0 Å². The standard InChI is InChI=1S/C25H30N2O4/c1-2-3-4-5-17-26-25(30)27-23-15-11-21(12-16-23)8-7-20-9-13-22(14-10-20)24(29)31-19-6-18-28/h9-16,28H,2-6,17-19H2,1H3,(H2,26,27,30). The number of hydrogen-bond donors (Lipinski definition) is 3. The zero-order valence-electron chi connectivity index (χ0n) is 17.9. The van der Waals surface area contributed by atoms with Gasteiger partial charge in [-0.1, -0.05) is 38.0 Å². The lowest BCUT2D eigenvalue weighted by molar-refractivity contribution is 0.0482. The van der Waals surface area contributed by atoms with E-state index in [1.54, 1.807) is 24.3 Å². The molecule has 2 rings (SSSR count). The monoisotopic (exact) mass is 422 g/mol. The minimum Gasteiger partial charge on any atom is -0.462 e. The summed E-state index contributed by atoms with van der Waals surface area (Å²) in [6, 6.07) is 14.0. The fraction of sp³-hybridized carbons (Fsp3) is 0.360. The maximum absolute atomic E-state index is 11.9. The van der Waals surface area contributed by atoms with Gasteiger partial charge in [-0.3, -0.25) is 0 Å². The van der Waals surface area contributed by atoms with E-state index in [9.17, 15) is 9.59 Å². The van der Waals surface area contributed by atoms with Gasteiger partial charge in [0, 0.05) is 36.4 Å². The van der Waals surface area contributed by atoms with Crippen LogP contribution in [0.15, 0.2) is 48.5 Å². The lowest BCUT2D eigenvalue weighted by atomic mass is 10.1. The molecule has 6 nitrogen and oxygen atoms in total. The molecule has 0 saturated carbocycles. The molecule has 0 radical (unpaired) electrons. The van der Waals surface area contributed by atoms with Gasteiger partial charge in [0.1, 0.15) is 0 Å². The number of aliphatic hydroxyl groups excluding tert-OH is 1. The number of hydrogen-bond acceptors (Lipinski definition) is 4. The van der Waals surface area contributed by atoms with Crippen LogP contribution in [0.2, 0.25) is 0 Å². The Morgan fingerprint density at radius 2 is 1.55 bits per heavy atom. The van der Waals surface area contributed by atoms with Crippen molar-refractivity contribution in [3.8, 4) is 11.8 Å². The number of nitrogens with one attached hydrogen (secondary N) is 2. The van der Waals surface area contributed by atoms with E-state index in [0.29, 0.717) is 24.2 Å². The normalized spacial score (nSPS) is 10.0. The highest BCUT2D eigenvalue weighted by Gasteiger charge is 2.06. The summed E-state index contributed by atoms with van der Waals surface area (Å²) in [7, 11) is 0. The van der Waals surface area contributed by atoms with Crippen molar-refractivity contribution in [2.24, 2.45) is 0 Å². The number of ether oxygens (including phenoxy) is 1. The number of carbonyl (C=O) groups is 2. The van der Waals surface area contributed by atoms with Crippen LogP contribution < -0.4 is 10.6 Å². The molecule has 0 fully saturated rings. The summed E-state index contributed by atoms with van der Waals surface area (Å²) in [6.45, 7) is 3.02. The number of aliphatic hydroxyl groups is 1. The molecule has 0 spiro atoms. The van der Waals surface area contributed by atoms with E-state index in [0.717, 1.165) is 24.0 Å². The molecule has 0 atom stereocenters. The number of esters is 1. The Labute approximate surface area is 184 Å². The van der Waals surface area contributed by atoms with Crippen LogP contribution in [0, 0.1) is 11.8 Å². The minimum absolute atomic E-state index is 0.00876. The molecule has 164 valence electrons. The number of rotatable bonds is 10. The fourth-order valence-corrected chi connectivity index (χ4v) is 2.71. The Hall–Kier alpha value is -3.30. The summed E-state index contributed by atoms with van der Waals surface area (Å²) in [4.78, 5) is 23.7. The van der Waals surface area contributed by atoms with Gasteiger partial charge in [-0.05, 0) is 55.0 Å². The third kappa shape index (κ3) is 9.37. The SMILES string of the molecule is CCCCCCNC(=O)Nc1ccc(C#Cc2ccc(C(=O)OCCCO)cc2)cc1. The first kappa shape index (κ1) is 24.0. The number of anilines is 1. The van der Waals surface area contributed by atoms with E-state index in [2.05, 4.69) is 29.4 Å². The fourth-order valence-electron chi connectivity index (χ4n) is 2.71. The molecule has 0 heterocycles. The smallest absolute Gasteiger partial charge is 0.338 e. The summed E-state index contributed by atoms with van der Waals surface area (Å²) in [6.07, 6.45) is 4.90. The van der Waals surface area contributed by atoms with Gasteiger partial charge in [0.2, 0.25) is 0 Å². The second kappa shape index (κ2) is 13.8. The lowest BCUT2D eigenvalue weighted by Gasteiger charge is -2.07. The second-order valence-electron chi connectivity index (χ2n) is 7.06. The van der Waals surface area contributed by atoms with Crippen molar-refractivity contribution < 1.29 is 19.4 Å². The van der Waals surface area contributed by atoms with E-state index in [1.165, 1.54) is 12.8 Å². The van der Waals surface area contributed by atoms with Crippen LogP contribution in [0.25, 0.3) is 0 Å². The molecule has 6 heteroatoms. The molecule has 0 aromatic heterocycles. The van der Waals surface area contributed by atoms with Crippen molar-refractivity contribution in [2.45, 2.75) is 39.0 Å². The predicted octanol–water partition coefficient (Wildman–Crippen LogP) is 4.33. The maximum Gasteiger partial charge on any atom is 0.338 e.